The molecule has 0 radical (unpaired) electrons. The molecule has 120 valence electrons. The van der Waals surface area contributed by atoms with E-state index in [-0.39, 0.29) is 37.2 Å². The van der Waals surface area contributed by atoms with E-state index in [1.807, 2.05) is 45.9 Å². The SMILES string of the molecule is Cc1ccc(C)c(C(=O)CCC(=O)OCC(=O)NC(C)C)c1. The zero-order valence-corrected chi connectivity index (χ0v) is 13.6. The largest absolute Gasteiger partial charge is 0.456 e. The average molecular weight is 305 g/mol. The highest BCUT2D eigenvalue weighted by atomic mass is 16.5. The molecule has 0 saturated heterocycles. The molecule has 22 heavy (non-hydrogen) atoms. The molecule has 0 heterocycles. The zero-order chi connectivity index (χ0) is 16.7. The Hall–Kier alpha value is -2.17. The molecule has 0 fully saturated rings. The molecule has 5 heteroatoms. The van der Waals surface area contributed by atoms with Gasteiger partial charge in [-0.25, -0.2) is 0 Å². The molecular formula is C17H23NO4. The standard InChI is InChI=1S/C17H23NO4/c1-11(2)18-16(20)10-22-17(21)8-7-15(19)14-9-12(3)5-6-13(14)4/h5-6,9,11H,7-8,10H2,1-4H3,(H,18,20). The van der Waals surface area contributed by atoms with Crippen LogP contribution >= 0.6 is 0 Å². The molecule has 0 bridgehead atoms. The average Bonchev–Trinajstić information content (AvgIpc) is 2.44. The van der Waals surface area contributed by atoms with Crippen molar-refractivity contribution in [3.05, 3.63) is 34.9 Å². The van der Waals surface area contributed by atoms with Crippen molar-refractivity contribution in [3.8, 4) is 0 Å². The maximum atomic E-state index is 12.1. The number of hydrogen-bond donors (Lipinski definition) is 1. The fraction of sp³-hybridized carbons (Fsp3) is 0.471. The number of aryl methyl sites for hydroxylation is 2. The van der Waals surface area contributed by atoms with Crippen LogP contribution in [0, 0.1) is 13.8 Å². The van der Waals surface area contributed by atoms with Crippen LogP contribution in [0.15, 0.2) is 18.2 Å². The minimum atomic E-state index is -0.544. The van der Waals surface area contributed by atoms with Crippen molar-refractivity contribution in [3.63, 3.8) is 0 Å². The number of ketones is 1. The molecule has 0 unspecified atom stereocenters. The van der Waals surface area contributed by atoms with Crippen molar-refractivity contribution in [2.24, 2.45) is 0 Å². The molecule has 1 aromatic carbocycles. The summed E-state index contributed by atoms with van der Waals surface area (Å²) in [5.74, 6) is -0.980. The van der Waals surface area contributed by atoms with Crippen LogP contribution < -0.4 is 5.32 Å². The Morgan fingerprint density at radius 2 is 1.82 bits per heavy atom. The van der Waals surface area contributed by atoms with Crippen LogP contribution in [0.5, 0.6) is 0 Å². The van der Waals surface area contributed by atoms with E-state index in [2.05, 4.69) is 5.32 Å². The second-order valence-corrected chi connectivity index (χ2v) is 5.62. The number of carbonyl (C=O) groups excluding carboxylic acids is 3. The normalized spacial score (nSPS) is 10.4. The van der Waals surface area contributed by atoms with Gasteiger partial charge in [0.15, 0.2) is 12.4 Å². The lowest BCUT2D eigenvalue weighted by Crippen LogP contribution is -2.34. The van der Waals surface area contributed by atoms with E-state index in [4.69, 9.17) is 4.74 Å². The van der Waals surface area contributed by atoms with Gasteiger partial charge < -0.3 is 10.1 Å². The highest BCUT2D eigenvalue weighted by Crippen LogP contribution is 2.14. The van der Waals surface area contributed by atoms with E-state index >= 15 is 0 Å². The number of rotatable bonds is 7. The van der Waals surface area contributed by atoms with Crippen molar-refractivity contribution in [2.75, 3.05) is 6.61 Å². The molecule has 0 aliphatic carbocycles. The van der Waals surface area contributed by atoms with E-state index in [1.54, 1.807) is 0 Å². The predicted molar refractivity (Wildman–Crippen MR) is 83.7 cm³/mol. The first-order valence-corrected chi connectivity index (χ1v) is 7.35. The summed E-state index contributed by atoms with van der Waals surface area (Å²) in [5.41, 5.74) is 2.52. The first-order chi connectivity index (χ1) is 10.3. The van der Waals surface area contributed by atoms with Crippen LogP contribution in [0.1, 0.15) is 48.2 Å². The van der Waals surface area contributed by atoms with Gasteiger partial charge in [0.2, 0.25) is 0 Å². The Morgan fingerprint density at radius 3 is 2.45 bits per heavy atom. The minimum absolute atomic E-state index is 0.00271. The third-order valence-corrected chi connectivity index (χ3v) is 3.06. The van der Waals surface area contributed by atoms with Crippen LogP contribution in [0.4, 0.5) is 0 Å². The number of esters is 1. The molecule has 1 aromatic rings. The molecule has 5 nitrogen and oxygen atoms in total. The molecule has 0 aliphatic rings. The van der Waals surface area contributed by atoms with E-state index in [0.717, 1.165) is 11.1 Å². The third-order valence-electron chi connectivity index (χ3n) is 3.06. The first-order valence-electron chi connectivity index (χ1n) is 7.35. The second-order valence-electron chi connectivity index (χ2n) is 5.62. The van der Waals surface area contributed by atoms with Gasteiger partial charge in [-0.05, 0) is 39.3 Å². The summed E-state index contributed by atoms with van der Waals surface area (Å²) in [6, 6.07) is 5.64. The summed E-state index contributed by atoms with van der Waals surface area (Å²) in [5, 5.41) is 2.62. The molecule has 0 aliphatic heterocycles. The Labute approximate surface area is 131 Å². The summed E-state index contributed by atoms with van der Waals surface area (Å²) in [4.78, 5) is 35.0. The smallest absolute Gasteiger partial charge is 0.306 e. The molecule has 0 saturated carbocycles. The van der Waals surface area contributed by atoms with Crippen LogP contribution in [-0.4, -0.2) is 30.3 Å². The highest BCUT2D eigenvalue weighted by Gasteiger charge is 2.13. The first kappa shape index (κ1) is 17.9. The van der Waals surface area contributed by atoms with Crippen LogP contribution in [0.25, 0.3) is 0 Å². The summed E-state index contributed by atoms with van der Waals surface area (Å²) < 4.78 is 4.84. The summed E-state index contributed by atoms with van der Waals surface area (Å²) in [7, 11) is 0. The molecule has 0 atom stereocenters. The molecule has 0 spiro atoms. The number of nitrogens with one attached hydrogen (secondary N) is 1. The quantitative estimate of drug-likeness (QED) is 0.620. The fourth-order valence-corrected chi connectivity index (χ4v) is 1.97. The monoisotopic (exact) mass is 305 g/mol. The van der Waals surface area contributed by atoms with Gasteiger partial charge >= 0.3 is 5.97 Å². The predicted octanol–water partition coefficient (Wildman–Crippen LogP) is 2.33. The van der Waals surface area contributed by atoms with Gasteiger partial charge in [0.1, 0.15) is 0 Å². The number of benzene rings is 1. The fourth-order valence-electron chi connectivity index (χ4n) is 1.97. The Bertz CT molecular complexity index is 564. The van der Waals surface area contributed by atoms with Crippen molar-refractivity contribution >= 4 is 17.7 Å². The van der Waals surface area contributed by atoms with Gasteiger partial charge in [-0.2, -0.15) is 0 Å². The van der Waals surface area contributed by atoms with Crippen molar-refractivity contribution in [1.82, 2.24) is 5.32 Å². The number of ether oxygens (including phenoxy) is 1. The van der Waals surface area contributed by atoms with E-state index in [0.29, 0.717) is 5.56 Å². The number of Topliss-reactive ketones (excluding diaryl/α,β-unsaturated/α-hetero) is 1. The van der Waals surface area contributed by atoms with Crippen molar-refractivity contribution in [1.29, 1.82) is 0 Å². The van der Waals surface area contributed by atoms with Gasteiger partial charge in [-0.15, -0.1) is 0 Å². The van der Waals surface area contributed by atoms with Crippen LogP contribution in [0.2, 0.25) is 0 Å². The zero-order valence-electron chi connectivity index (χ0n) is 13.6. The highest BCUT2D eigenvalue weighted by molar-refractivity contribution is 5.99. The number of carbonyl (C=O) groups is 3. The Kier molecular flexibility index (Phi) is 6.76. The summed E-state index contributed by atoms with van der Waals surface area (Å²) in [6.45, 7) is 7.11. The van der Waals surface area contributed by atoms with Crippen LogP contribution in [-0.2, 0) is 14.3 Å². The molecule has 0 aromatic heterocycles. The lowest BCUT2D eigenvalue weighted by molar-refractivity contribution is -0.148. The van der Waals surface area contributed by atoms with E-state index in [9.17, 15) is 14.4 Å². The van der Waals surface area contributed by atoms with Crippen molar-refractivity contribution in [2.45, 2.75) is 46.6 Å². The summed E-state index contributed by atoms with van der Waals surface area (Å²) >= 11 is 0. The van der Waals surface area contributed by atoms with Gasteiger partial charge in [0.25, 0.3) is 5.91 Å². The molecular weight excluding hydrogens is 282 g/mol. The van der Waals surface area contributed by atoms with Gasteiger partial charge in [0.05, 0.1) is 6.42 Å². The van der Waals surface area contributed by atoms with E-state index in [1.165, 1.54) is 0 Å². The van der Waals surface area contributed by atoms with Crippen LogP contribution in [0.3, 0.4) is 0 Å². The minimum Gasteiger partial charge on any atom is -0.456 e. The lowest BCUT2D eigenvalue weighted by atomic mass is 9.99. The molecule has 1 amide bonds. The second kappa shape index (κ2) is 8.32. The van der Waals surface area contributed by atoms with Gasteiger partial charge in [-0.3, -0.25) is 14.4 Å². The molecule has 1 rings (SSSR count). The number of amides is 1. The maximum Gasteiger partial charge on any atom is 0.306 e. The maximum absolute atomic E-state index is 12.1. The van der Waals surface area contributed by atoms with E-state index < -0.39 is 5.97 Å². The Morgan fingerprint density at radius 1 is 1.14 bits per heavy atom. The molecule has 1 N–H and O–H groups in total. The van der Waals surface area contributed by atoms with Gasteiger partial charge in [-0.1, -0.05) is 17.7 Å². The van der Waals surface area contributed by atoms with Crippen molar-refractivity contribution < 1.29 is 19.1 Å². The summed E-state index contributed by atoms with van der Waals surface area (Å²) in [6.07, 6.45) is 0.0517. The topological polar surface area (TPSA) is 72.5 Å². The lowest BCUT2D eigenvalue weighted by Gasteiger charge is -2.09. The number of hydrogen-bond acceptors (Lipinski definition) is 4. The van der Waals surface area contributed by atoms with Gasteiger partial charge in [0, 0.05) is 18.0 Å². The Balaban J connectivity index is 2.42. The third kappa shape index (κ3) is 6.08.